The Balaban J connectivity index is 1.41. The van der Waals surface area contributed by atoms with Crippen molar-refractivity contribution in [2.24, 2.45) is 14.1 Å². The Morgan fingerprint density at radius 1 is 1.21 bits per heavy atom. The fourth-order valence-corrected chi connectivity index (χ4v) is 3.78. The number of pyridine rings is 1. The van der Waals surface area contributed by atoms with E-state index in [9.17, 15) is 9.59 Å². The predicted molar refractivity (Wildman–Crippen MR) is 110 cm³/mol. The second-order valence-electron chi connectivity index (χ2n) is 7.49. The molecular formula is C20H25N7O2. The van der Waals surface area contributed by atoms with Crippen LogP contribution in [0.25, 0.3) is 5.82 Å². The van der Waals surface area contributed by atoms with Gasteiger partial charge in [0.15, 0.2) is 5.82 Å². The largest absolute Gasteiger partial charge is 0.356 e. The van der Waals surface area contributed by atoms with Gasteiger partial charge in [0.1, 0.15) is 5.82 Å². The van der Waals surface area contributed by atoms with E-state index in [1.54, 1.807) is 17.9 Å². The second kappa shape index (κ2) is 7.67. The molecule has 9 heteroatoms. The van der Waals surface area contributed by atoms with Gasteiger partial charge in [-0.05, 0) is 36.6 Å². The number of hydrogen-bond acceptors (Lipinski definition) is 6. The molecule has 4 rings (SSSR count). The van der Waals surface area contributed by atoms with Crippen LogP contribution in [0.15, 0.2) is 46.4 Å². The first-order valence-electron chi connectivity index (χ1n) is 9.65. The topological polar surface area (TPSA) is 90.0 Å². The van der Waals surface area contributed by atoms with Crippen LogP contribution in [0.2, 0.25) is 0 Å². The van der Waals surface area contributed by atoms with Crippen molar-refractivity contribution < 1.29 is 0 Å². The van der Waals surface area contributed by atoms with Gasteiger partial charge in [-0.15, -0.1) is 0 Å². The third-order valence-corrected chi connectivity index (χ3v) is 5.44. The number of anilines is 1. The molecule has 1 aliphatic rings. The van der Waals surface area contributed by atoms with Crippen molar-refractivity contribution in [3.8, 4) is 5.82 Å². The number of aromatic nitrogens is 5. The number of aryl methyl sites for hydroxylation is 1. The van der Waals surface area contributed by atoms with Crippen LogP contribution < -0.4 is 21.5 Å². The Morgan fingerprint density at radius 2 is 2.03 bits per heavy atom. The van der Waals surface area contributed by atoms with E-state index in [2.05, 4.69) is 26.4 Å². The van der Waals surface area contributed by atoms with Gasteiger partial charge >= 0.3 is 5.69 Å². The van der Waals surface area contributed by atoms with Crippen LogP contribution in [0.5, 0.6) is 0 Å². The molecule has 0 saturated carbocycles. The van der Waals surface area contributed by atoms with Gasteiger partial charge in [-0.3, -0.25) is 13.9 Å². The minimum absolute atomic E-state index is 0.278. The molecule has 4 heterocycles. The molecule has 9 nitrogen and oxygen atoms in total. The number of nitrogens with zero attached hydrogens (tertiary/aromatic N) is 6. The summed E-state index contributed by atoms with van der Waals surface area (Å²) in [5, 5.41) is 7.80. The van der Waals surface area contributed by atoms with Crippen molar-refractivity contribution in [3.05, 3.63) is 68.8 Å². The lowest BCUT2D eigenvalue weighted by Gasteiger charge is -2.21. The summed E-state index contributed by atoms with van der Waals surface area (Å²) in [5.41, 5.74) is 1.59. The lowest BCUT2D eigenvalue weighted by molar-refractivity contribution is 0.549. The van der Waals surface area contributed by atoms with E-state index in [1.165, 1.54) is 17.7 Å². The van der Waals surface area contributed by atoms with Crippen molar-refractivity contribution in [2.45, 2.75) is 25.9 Å². The highest BCUT2D eigenvalue weighted by molar-refractivity contribution is 5.40. The first-order valence-corrected chi connectivity index (χ1v) is 9.65. The highest BCUT2D eigenvalue weighted by Gasteiger charge is 2.24. The smallest absolute Gasteiger partial charge is 0.332 e. The molecular weight excluding hydrogens is 370 g/mol. The molecule has 0 radical (unpaired) electrons. The van der Waals surface area contributed by atoms with E-state index in [0.29, 0.717) is 12.4 Å². The van der Waals surface area contributed by atoms with Crippen molar-refractivity contribution >= 4 is 5.82 Å². The summed E-state index contributed by atoms with van der Waals surface area (Å²) in [6.07, 6.45) is 6.43. The first-order chi connectivity index (χ1) is 13.9. The fraction of sp³-hybridized carbons (Fsp3) is 0.400. The molecule has 0 bridgehead atoms. The normalized spacial score (nSPS) is 16.5. The highest BCUT2D eigenvalue weighted by Crippen LogP contribution is 2.18. The van der Waals surface area contributed by atoms with Crippen molar-refractivity contribution in [3.63, 3.8) is 0 Å². The molecule has 3 aromatic heterocycles. The summed E-state index contributed by atoms with van der Waals surface area (Å²) in [6.45, 7) is 4.29. The van der Waals surface area contributed by atoms with E-state index < -0.39 is 0 Å². The van der Waals surface area contributed by atoms with Gasteiger partial charge in [-0.25, -0.2) is 14.5 Å². The Labute approximate surface area is 168 Å². The lowest BCUT2D eigenvalue weighted by Crippen LogP contribution is -2.40. The third-order valence-electron chi connectivity index (χ3n) is 5.44. The number of nitrogens with one attached hydrogen (secondary N) is 1. The highest BCUT2D eigenvalue weighted by atomic mass is 16.2. The lowest BCUT2D eigenvalue weighted by atomic mass is 10.2. The summed E-state index contributed by atoms with van der Waals surface area (Å²) in [5.74, 6) is 1.50. The van der Waals surface area contributed by atoms with Crippen molar-refractivity contribution in [1.29, 1.82) is 0 Å². The van der Waals surface area contributed by atoms with E-state index in [-0.39, 0.29) is 17.3 Å². The molecule has 29 heavy (non-hydrogen) atoms. The van der Waals surface area contributed by atoms with E-state index in [0.717, 1.165) is 41.0 Å². The minimum atomic E-state index is -0.303. The van der Waals surface area contributed by atoms with Gasteiger partial charge in [-0.1, -0.05) is 0 Å². The maximum atomic E-state index is 12.2. The van der Waals surface area contributed by atoms with Crippen molar-refractivity contribution in [2.75, 3.05) is 18.0 Å². The molecule has 152 valence electrons. The molecule has 1 atom stereocenters. The molecule has 0 aliphatic carbocycles. The molecule has 1 aliphatic heterocycles. The minimum Gasteiger partial charge on any atom is -0.356 e. The molecule has 1 saturated heterocycles. The predicted octanol–water partition coefficient (Wildman–Crippen LogP) is 0.342. The molecule has 0 aromatic carbocycles. The van der Waals surface area contributed by atoms with Gasteiger partial charge < -0.3 is 10.2 Å². The van der Waals surface area contributed by atoms with Crippen LogP contribution in [0, 0.1) is 6.92 Å². The maximum Gasteiger partial charge on any atom is 0.332 e. The maximum absolute atomic E-state index is 12.2. The molecule has 1 N–H and O–H groups in total. The summed E-state index contributed by atoms with van der Waals surface area (Å²) in [6, 6.07) is 5.81. The SMILES string of the molecule is Cc1cc(CN[C@@H]2CCN(c3cc(=O)n(C)c(=O)n3C)C2)cnc1-n1cccn1. The summed E-state index contributed by atoms with van der Waals surface area (Å²) in [4.78, 5) is 30.8. The number of hydrogen-bond donors (Lipinski definition) is 1. The summed E-state index contributed by atoms with van der Waals surface area (Å²) in [7, 11) is 3.20. The zero-order valence-electron chi connectivity index (χ0n) is 16.9. The van der Waals surface area contributed by atoms with Gasteiger partial charge in [0.25, 0.3) is 5.56 Å². The second-order valence-corrected chi connectivity index (χ2v) is 7.49. The molecule has 0 unspecified atom stereocenters. The molecule has 3 aromatic rings. The van der Waals surface area contributed by atoms with Crippen LogP contribution in [0.1, 0.15) is 17.5 Å². The van der Waals surface area contributed by atoms with E-state index >= 15 is 0 Å². The van der Waals surface area contributed by atoms with Crippen LogP contribution in [-0.2, 0) is 20.6 Å². The monoisotopic (exact) mass is 395 g/mol. The van der Waals surface area contributed by atoms with E-state index in [4.69, 9.17) is 0 Å². The zero-order chi connectivity index (χ0) is 20.5. The summed E-state index contributed by atoms with van der Waals surface area (Å²) < 4.78 is 4.42. The quantitative estimate of drug-likeness (QED) is 0.670. The average molecular weight is 395 g/mol. The molecule has 0 spiro atoms. The summed E-state index contributed by atoms with van der Waals surface area (Å²) >= 11 is 0. The molecule has 1 fully saturated rings. The zero-order valence-corrected chi connectivity index (χ0v) is 16.9. The molecule has 0 amide bonds. The Kier molecular flexibility index (Phi) is 5.06. The number of rotatable bonds is 5. The Hall–Kier alpha value is -3.20. The Morgan fingerprint density at radius 3 is 2.76 bits per heavy atom. The van der Waals surface area contributed by atoms with Crippen LogP contribution in [-0.4, -0.2) is 43.0 Å². The van der Waals surface area contributed by atoms with Crippen molar-refractivity contribution in [1.82, 2.24) is 29.2 Å². The van der Waals surface area contributed by atoms with Crippen LogP contribution in [0.4, 0.5) is 5.82 Å². The van der Waals surface area contributed by atoms with E-state index in [1.807, 2.05) is 25.4 Å². The van der Waals surface area contributed by atoms with Gasteiger partial charge in [0.2, 0.25) is 0 Å². The first kappa shape index (κ1) is 19.1. The fourth-order valence-electron chi connectivity index (χ4n) is 3.78. The van der Waals surface area contributed by atoms with Gasteiger partial charge in [-0.2, -0.15) is 5.10 Å². The van der Waals surface area contributed by atoms with Gasteiger partial charge in [0, 0.05) is 64.4 Å². The van der Waals surface area contributed by atoms with Crippen LogP contribution >= 0.6 is 0 Å². The van der Waals surface area contributed by atoms with Crippen LogP contribution in [0.3, 0.4) is 0 Å². The van der Waals surface area contributed by atoms with Gasteiger partial charge in [0.05, 0.1) is 0 Å². The average Bonchev–Trinajstić information content (AvgIpc) is 3.40. The Bertz CT molecular complexity index is 1130. The third kappa shape index (κ3) is 3.73. The standard InChI is InChI=1S/C20H25N7O2/c1-14-9-15(12-22-19(14)27-7-4-6-23-27)11-21-16-5-8-26(13-16)17-10-18(28)25(3)20(29)24(17)2/h4,6-7,9-10,12,16,21H,5,8,11,13H2,1-3H3/t16-/m1/s1.